The summed E-state index contributed by atoms with van der Waals surface area (Å²) < 4.78 is 12.7. The van der Waals surface area contributed by atoms with Gasteiger partial charge in [0.2, 0.25) is 5.88 Å². The first-order valence-corrected chi connectivity index (χ1v) is 7.83. The number of fused-ring (bicyclic) bond motifs is 2. The zero-order chi connectivity index (χ0) is 18.3. The van der Waals surface area contributed by atoms with E-state index in [0.717, 1.165) is 5.39 Å². The van der Waals surface area contributed by atoms with E-state index in [1.54, 1.807) is 48.3 Å². The first-order valence-electron chi connectivity index (χ1n) is 7.83. The Morgan fingerprint density at radius 3 is 2.96 bits per heavy atom. The van der Waals surface area contributed by atoms with Gasteiger partial charge in [-0.15, -0.1) is 5.10 Å². The average molecular weight is 353 g/mol. The van der Waals surface area contributed by atoms with Crippen LogP contribution in [-0.4, -0.2) is 43.8 Å². The van der Waals surface area contributed by atoms with Crippen molar-refractivity contribution in [2.45, 2.75) is 13.0 Å². The van der Waals surface area contributed by atoms with Crippen molar-refractivity contribution in [3.05, 3.63) is 36.7 Å². The third-order valence-corrected chi connectivity index (χ3v) is 3.85. The van der Waals surface area contributed by atoms with Crippen LogP contribution in [0.4, 0.5) is 5.82 Å². The molecule has 2 N–H and O–H groups in total. The van der Waals surface area contributed by atoms with Crippen LogP contribution in [0.5, 0.6) is 5.88 Å². The van der Waals surface area contributed by atoms with Gasteiger partial charge in [-0.3, -0.25) is 4.79 Å². The monoisotopic (exact) mass is 353 g/mol. The van der Waals surface area contributed by atoms with E-state index in [1.165, 1.54) is 6.92 Å². The van der Waals surface area contributed by atoms with Gasteiger partial charge in [0.05, 0.1) is 18.7 Å². The second-order valence-electron chi connectivity index (χ2n) is 5.64. The summed E-state index contributed by atoms with van der Waals surface area (Å²) in [5.74, 6) is 0.741. The molecule has 4 aromatic rings. The number of methoxy groups -OCH3 is 1. The van der Waals surface area contributed by atoms with Gasteiger partial charge < -0.3 is 19.6 Å². The number of ether oxygens (including phenoxy) is 1. The molecule has 0 radical (unpaired) electrons. The number of anilines is 1. The number of aliphatic hydroxyl groups is 1. The molecular weight excluding hydrogens is 338 g/mol. The maximum Gasteiger partial charge on any atom is 0.254 e. The van der Waals surface area contributed by atoms with Crippen molar-refractivity contribution in [3.63, 3.8) is 0 Å². The molecule has 132 valence electrons. The number of aromatic nitrogens is 4. The number of furan rings is 1. The van der Waals surface area contributed by atoms with E-state index in [2.05, 4.69) is 20.4 Å². The van der Waals surface area contributed by atoms with Crippen molar-refractivity contribution in [3.8, 4) is 17.3 Å². The Balaban J connectivity index is 1.80. The lowest BCUT2D eigenvalue weighted by atomic mass is 10.3. The third kappa shape index (κ3) is 2.64. The molecule has 0 unspecified atom stereocenters. The quantitative estimate of drug-likeness (QED) is 0.575. The fourth-order valence-corrected chi connectivity index (χ4v) is 2.57. The largest absolute Gasteiger partial charge is 0.480 e. The number of rotatable bonds is 4. The van der Waals surface area contributed by atoms with Gasteiger partial charge in [0, 0.05) is 12.3 Å². The van der Waals surface area contributed by atoms with E-state index in [9.17, 15) is 9.90 Å². The molecule has 0 aliphatic heterocycles. The fraction of sp³-hybridized carbons (Fsp3) is 0.176. The Morgan fingerprint density at radius 2 is 2.19 bits per heavy atom. The van der Waals surface area contributed by atoms with Crippen LogP contribution in [0.15, 0.2) is 41.1 Å². The molecular formula is C17H15N5O4. The minimum Gasteiger partial charge on any atom is -0.480 e. The van der Waals surface area contributed by atoms with E-state index < -0.39 is 12.0 Å². The van der Waals surface area contributed by atoms with Gasteiger partial charge in [0.25, 0.3) is 5.91 Å². The summed E-state index contributed by atoms with van der Waals surface area (Å²) in [6.45, 7) is 1.38. The van der Waals surface area contributed by atoms with Crippen LogP contribution in [0, 0.1) is 0 Å². The van der Waals surface area contributed by atoms with Crippen LogP contribution in [0.1, 0.15) is 6.92 Å². The van der Waals surface area contributed by atoms with Crippen molar-refractivity contribution in [2.75, 3.05) is 12.4 Å². The molecule has 1 amide bonds. The summed E-state index contributed by atoms with van der Waals surface area (Å²) >= 11 is 0. The van der Waals surface area contributed by atoms with Gasteiger partial charge in [0.15, 0.2) is 17.2 Å². The highest BCUT2D eigenvalue weighted by atomic mass is 16.5. The Morgan fingerprint density at radius 1 is 1.35 bits per heavy atom. The number of hydrogen-bond acceptors (Lipinski definition) is 7. The molecule has 0 saturated heterocycles. The maximum absolute atomic E-state index is 11.7. The lowest BCUT2D eigenvalue weighted by Gasteiger charge is -2.06. The summed E-state index contributed by atoms with van der Waals surface area (Å²) in [6.07, 6.45) is 2.09. The molecule has 0 aromatic carbocycles. The zero-order valence-electron chi connectivity index (χ0n) is 14.0. The van der Waals surface area contributed by atoms with Crippen LogP contribution < -0.4 is 10.1 Å². The van der Waals surface area contributed by atoms with Crippen molar-refractivity contribution in [1.82, 2.24) is 19.6 Å². The van der Waals surface area contributed by atoms with Crippen LogP contribution in [0.3, 0.4) is 0 Å². The first kappa shape index (κ1) is 16.0. The predicted octanol–water partition coefficient (Wildman–Crippen LogP) is 1.87. The van der Waals surface area contributed by atoms with Crippen LogP contribution in [-0.2, 0) is 4.79 Å². The number of carbonyl (C=O) groups excluding carboxylic acids is 1. The molecule has 4 heterocycles. The molecule has 1 atom stereocenters. The van der Waals surface area contributed by atoms with Gasteiger partial charge >= 0.3 is 0 Å². The summed E-state index contributed by atoms with van der Waals surface area (Å²) in [6, 6.07) is 6.86. The van der Waals surface area contributed by atoms with Crippen molar-refractivity contribution >= 4 is 28.3 Å². The van der Waals surface area contributed by atoms with Gasteiger partial charge in [0.1, 0.15) is 17.4 Å². The summed E-state index contributed by atoms with van der Waals surface area (Å²) in [5, 5.41) is 16.9. The molecule has 0 bridgehead atoms. The number of aliphatic hydroxyl groups excluding tert-OH is 1. The number of nitrogens with zero attached hydrogens (tertiary/aromatic N) is 4. The van der Waals surface area contributed by atoms with E-state index in [4.69, 9.17) is 9.15 Å². The molecule has 0 spiro atoms. The number of nitrogens with one attached hydrogen (secondary N) is 1. The van der Waals surface area contributed by atoms with Crippen LogP contribution in [0.2, 0.25) is 0 Å². The molecule has 0 aliphatic carbocycles. The second kappa shape index (κ2) is 6.12. The maximum atomic E-state index is 11.7. The number of pyridine rings is 1. The van der Waals surface area contributed by atoms with Crippen molar-refractivity contribution < 1.29 is 19.1 Å². The predicted molar refractivity (Wildman–Crippen MR) is 92.9 cm³/mol. The first-order chi connectivity index (χ1) is 12.6. The SMILES string of the molecule is COc1nccc2oc(-c3cnc4ccc(NC(=O)[C@@H](C)O)nn34)cc12. The second-order valence-corrected chi connectivity index (χ2v) is 5.64. The molecule has 9 heteroatoms. The molecule has 9 nitrogen and oxygen atoms in total. The third-order valence-electron chi connectivity index (χ3n) is 3.85. The minimum atomic E-state index is -1.13. The molecule has 4 aromatic heterocycles. The van der Waals surface area contributed by atoms with E-state index >= 15 is 0 Å². The standard InChI is InChI=1S/C17H15N5O4/c1-9(23)16(24)20-14-3-4-15-19-8-11(22(15)21-14)13-7-10-12(26-13)5-6-18-17(10)25-2/h3-9,23H,1-2H3,(H,20,21,24)/t9-/m1/s1. The molecule has 26 heavy (non-hydrogen) atoms. The Labute approximate surface area is 147 Å². The highest BCUT2D eigenvalue weighted by Gasteiger charge is 2.16. The lowest BCUT2D eigenvalue weighted by molar-refractivity contribution is -0.123. The van der Waals surface area contributed by atoms with Crippen molar-refractivity contribution in [1.29, 1.82) is 0 Å². The van der Waals surface area contributed by atoms with Crippen LogP contribution >= 0.6 is 0 Å². The van der Waals surface area contributed by atoms with E-state index in [-0.39, 0.29) is 5.82 Å². The highest BCUT2D eigenvalue weighted by molar-refractivity contribution is 5.93. The number of carbonyl (C=O) groups is 1. The summed E-state index contributed by atoms with van der Waals surface area (Å²) in [4.78, 5) is 20.1. The van der Waals surface area contributed by atoms with Gasteiger partial charge in [-0.25, -0.2) is 14.5 Å². The fourth-order valence-electron chi connectivity index (χ4n) is 2.57. The van der Waals surface area contributed by atoms with Crippen molar-refractivity contribution in [2.24, 2.45) is 0 Å². The zero-order valence-corrected chi connectivity index (χ0v) is 14.0. The van der Waals surface area contributed by atoms with Crippen LogP contribution in [0.25, 0.3) is 28.1 Å². The van der Waals surface area contributed by atoms with E-state index in [1.807, 2.05) is 0 Å². The van der Waals surface area contributed by atoms with Gasteiger partial charge in [-0.05, 0) is 25.1 Å². The normalized spacial score (nSPS) is 12.4. The molecule has 0 aliphatic rings. The lowest BCUT2D eigenvalue weighted by Crippen LogP contribution is -2.25. The number of imidazole rings is 1. The summed E-state index contributed by atoms with van der Waals surface area (Å²) in [5.41, 5.74) is 1.81. The molecule has 0 saturated carbocycles. The minimum absolute atomic E-state index is 0.290. The molecule has 4 rings (SSSR count). The topological polar surface area (TPSA) is 115 Å². The summed E-state index contributed by atoms with van der Waals surface area (Å²) in [7, 11) is 1.54. The highest BCUT2D eigenvalue weighted by Crippen LogP contribution is 2.32. The van der Waals surface area contributed by atoms with E-state index in [0.29, 0.717) is 28.6 Å². The molecule has 0 fully saturated rings. The number of hydrogen-bond donors (Lipinski definition) is 2. The Kier molecular flexibility index (Phi) is 3.77. The average Bonchev–Trinajstić information content (AvgIpc) is 3.24. The van der Waals surface area contributed by atoms with Gasteiger partial charge in [-0.2, -0.15) is 0 Å². The Bertz CT molecular complexity index is 1110. The Hall–Kier alpha value is -3.46. The number of amides is 1. The van der Waals surface area contributed by atoms with Gasteiger partial charge in [-0.1, -0.05) is 0 Å². The smallest absolute Gasteiger partial charge is 0.254 e.